The van der Waals surface area contributed by atoms with Crippen LogP contribution in [0, 0.1) is 0 Å². The zero-order valence-corrected chi connectivity index (χ0v) is 12.6. The quantitative estimate of drug-likeness (QED) is 0.915. The van der Waals surface area contributed by atoms with Crippen LogP contribution in [0.1, 0.15) is 0 Å². The third-order valence-electron chi connectivity index (χ3n) is 3.33. The lowest BCUT2D eigenvalue weighted by atomic mass is 10.2. The molecule has 1 aliphatic rings. The molecule has 0 saturated carbocycles. The normalized spacial score (nSPS) is 12.0. The standard InChI is InChI=1S/C16H17NO5/c1-18-14-7-11(8-15(19-2)16(14)20-3)17-10-4-5-12-13(6-10)22-9-21-12/h4-8,17H,9H2,1-3H3. The SMILES string of the molecule is COc1cc(Nc2ccc3c(c2)OCO3)cc(OC)c1OC. The van der Waals surface area contributed by atoms with Crippen LogP contribution >= 0.6 is 0 Å². The van der Waals surface area contributed by atoms with Crippen molar-refractivity contribution < 1.29 is 23.7 Å². The number of hydrogen-bond donors (Lipinski definition) is 1. The van der Waals surface area contributed by atoms with Crippen LogP contribution in [0.15, 0.2) is 30.3 Å². The Kier molecular flexibility index (Phi) is 3.82. The van der Waals surface area contributed by atoms with E-state index in [1.807, 2.05) is 30.3 Å². The number of rotatable bonds is 5. The first-order valence-corrected chi connectivity index (χ1v) is 6.72. The van der Waals surface area contributed by atoms with Gasteiger partial charge < -0.3 is 29.0 Å². The van der Waals surface area contributed by atoms with Crippen molar-refractivity contribution in [1.82, 2.24) is 0 Å². The van der Waals surface area contributed by atoms with Crippen molar-refractivity contribution in [2.45, 2.75) is 0 Å². The van der Waals surface area contributed by atoms with E-state index in [1.54, 1.807) is 21.3 Å². The van der Waals surface area contributed by atoms with Crippen LogP contribution in [-0.4, -0.2) is 28.1 Å². The molecule has 6 nitrogen and oxygen atoms in total. The van der Waals surface area contributed by atoms with Gasteiger partial charge in [-0.05, 0) is 12.1 Å². The Morgan fingerprint density at radius 3 is 2.14 bits per heavy atom. The summed E-state index contributed by atoms with van der Waals surface area (Å²) < 4.78 is 26.7. The largest absolute Gasteiger partial charge is 0.493 e. The molecule has 22 heavy (non-hydrogen) atoms. The van der Waals surface area contributed by atoms with Gasteiger partial charge in [-0.1, -0.05) is 0 Å². The van der Waals surface area contributed by atoms with Crippen molar-refractivity contribution >= 4 is 11.4 Å². The highest BCUT2D eigenvalue weighted by Gasteiger charge is 2.15. The van der Waals surface area contributed by atoms with E-state index >= 15 is 0 Å². The minimum Gasteiger partial charge on any atom is -0.493 e. The zero-order chi connectivity index (χ0) is 15.5. The lowest BCUT2D eigenvalue weighted by Crippen LogP contribution is -1.97. The van der Waals surface area contributed by atoms with Crippen molar-refractivity contribution in [2.75, 3.05) is 33.4 Å². The molecule has 0 atom stereocenters. The minimum atomic E-state index is 0.253. The summed E-state index contributed by atoms with van der Waals surface area (Å²) in [4.78, 5) is 0. The molecular weight excluding hydrogens is 286 g/mol. The molecule has 0 radical (unpaired) electrons. The molecule has 1 aliphatic heterocycles. The second-order valence-electron chi connectivity index (χ2n) is 4.61. The molecule has 1 heterocycles. The van der Waals surface area contributed by atoms with Crippen molar-refractivity contribution in [3.63, 3.8) is 0 Å². The Morgan fingerprint density at radius 1 is 0.818 bits per heavy atom. The van der Waals surface area contributed by atoms with Crippen LogP contribution in [0.25, 0.3) is 0 Å². The summed E-state index contributed by atoms with van der Waals surface area (Å²) in [6.45, 7) is 0.253. The summed E-state index contributed by atoms with van der Waals surface area (Å²) in [5.74, 6) is 3.20. The van der Waals surface area contributed by atoms with Crippen LogP contribution in [0.2, 0.25) is 0 Å². The number of ether oxygens (including phenoxy) is 5. The number of nitrogens with one attached hydrogen (secondary N) is 1. The fourth-order valence-electron chi connectivity index (χ4n) is 2.29. The van der Waals surface area contributed by atoms with E-state index < -0.39 is 0 Å². The Hall–Kier alpha value is -2.76. The molecule has 0 bridgehead atoms. The molecule has 3 rings (SSSR count). The maximum Gasteiger partial charge on any atom is 0.231 e. The summed E-state index contributed by atoms with van der Waals surface area (Å²) in [7, 11) is 4.74. The van der Waals surface area contributed by atoms with E-state index in [1.165, 1.54) is 0 Å². The van der Waals surface area contributed by atoms with Crippen molar-refractivity contribution in [1.29, 1.82) is 0 Å². The molecule has 0 amide bonds. The Labute approximate surface area is 128 Å². The summed E-state index contributed by atoms with van der Waals surface area (Å²) in [5, 5.41) is 3.28. The monoisotopic (exact) mass is 303 g/mol. The number of benzene rings is 2. The lowest BCUT2D eigenvalue weighted by molar-refractivity contribution is 0.174. The average Bonchev–Trinajstić information content (AvgIpc) is 3.01. The van der Waals surface area contributed by atoms with Gasteiger partial charge in [0.05, 0.1) is 21.3 Å². The lowest BCUT2D eigenvalue weighted by Gasteiger charge is -2.15. The van der Waals surface area contributed by atoms with Crippen LogP contribution < -0.4 is 29.0 Å². The average molecular weight is 303 g/mol. The van der Waals surface area contributed by atoms with Crippen LogP contribution in [0.3, 0.4) is 0 Å². The summed E-state index contributed by atoms with van der Waals surface area (Å²) in [6, 6.07) is 9.34. The maximum atomic E-state index is 5.37. The highest BCUT2D eigenvalue weighted by molar-refractivity contribution is 5.69. The summed E-state index contributed by atoms with van der Waals surface area (Å²) in [5.41, 5.74) is 1.69. The Bertz CT molecular complexity index is 661. The minimum absolute atomic E-state index is 0.253. The predicted octanol–water partition coefficient (Wildman–Crippen LogP) is 3.18. The first kappa shape index (κ1) is 14.2. The third kappa shape index (κ3) is 2.55. The van der Waals surface area contributed by atoms with Gasteiger partial charge in [-0.3, -0.25) is 0 Å². The molecule has 116 valence electrons. The zero-order valence-electron chi connectivity index (χ0n) is 12.6. The molecular formula is C16H17NO5. The molecule has 1 N–H and O–H groups in total. The summed E-state index contributed by atoms with van der Waals surface area (Å²) in [6.07, 6.45) is 0. The van der Waals surface area contributed by atoms with Gasteiger partial charge >= 0.3 is 0 Å². The fourth-order valence-corrected chi connectivity index (χ4v) is 2.29. The second kappa shape index (κ2) is 5.93. The van der Waals surface area contributed by atoms with Crippen LogP contribution in [0.5, 0.6) is 28.7 Å². The van der Waals surface area contributed by atoms with E-state index in [0.717, 1.165) is 22.9 Å². The number of fused-ring (bicyclic) bond motifs is 1. The molecule has 0 aromatic heterocycles. The van der Waals surface area contributed by atoms with Crippen molar-refractivity contribution in [2.24, 2.45) is 0 Å². The Morgan fingerprint density at radius 2 is 1.50 bits per heavy atom. The van der Waals surface area contributed by atoms with Gasteiger partial charge in [0.25, 0.3) is 0 Å². The van der Waals surface area contributed by atoms with Gasteiger partial charge in [-0.25, -0.2) is 0 Å². The fraction of sp³-hybridized carbons (Fsp3) is 0.250. The third-order valence-corrected chi connectivity index (χ3v) is 3.33. The topological polar surface area (TPSA) is 58.2 Å². The van der Waals surface area contributed by atoms with Gasteiger partial charge in [-0.2, -0.15) is 0 Å². The highest BCUT2D eigenvalue weighted by atomic mass is 16.7. The molecule has 2 aromatic carbocycles. The number of methoxy groups -OCH3 is 3. The molecule has 0 fully saturated rings. The first-order valence-electron chi connectivity index (χ1n) is 6.72. The van der Waals surface area contributed by atoms with Gasteiger partial charge in [0.1, 0.15) is 0 Å². The number of hydrogen-bond acceptors (Lipinski definition) is 6. The van der Waals surface area contributed by atoms with E-state index in [0.29, 0.717) is 17.2 Å². The van der Waals surface area contributed by atoms with Gasteiger partial charge in [0.15, 0.2) is 23.0 Å². The van der Waals surface area contributed by atoms with Gasteiger partial charge in [0, 0.05) is 29.6 Å². The van der Waals surface area contributed by atoms with E-state index in [4.69, 9.17) is 23.7 Å². The number of anilines is 2. The van der Waals surface area contributed by atoms with Crippen LogP contribution in [-0.2, 0) is 0 Å². The molecule has 0 unspecified atom stereocenters. The smallest absolute Gasteiger partial charge is 0.231 e. The Balaban J connectivity index is 1.91. The molecule has 6 heteroatoms. The van der Waals surface area contributed by atoms with E-state index in [9.17, 15) is 0 Å². The highest BCUT2D eigenvalue weighted by Crippen LogP contribution is 2.41. The van der Waals surface area contributed by atoms with E-state index in [-0.39, 0.29) is 6.79 Å². The first-order chi connectivity index (χ1) is 10.7. The van der Waals surface area contributed by atoms with Gasteiger partial charge in [0.2, 0.25) is 12.5 Å². The van der Waals surface area contributed by atoms with Crippen molar-refractivity contribution in [3.8, 4) is 28.7 Å². The molecule has 2 aromatic rings. The molecule has 0 spiro atoms. The second-order valence-corrected chi connectivity index (χ2v) is 4.61. The van der Waals surface area contributed by atoms with Crippen LogP contribution in [0.4, 0.5) is 11.4 Å². The summed E-state index contributed by atoms with van der Waals surface area (Å²) >= 11 is 0. The molecule has 0 saturated heterocycles. The predicted molar refractivity (Wildman–Crippen MR) is 81.9 cm³/mol. The molecule has 0 aliphatic carbocycles. The van der Waals surface area contributed by atoms with E-state index in [2.05, 4.69) is 5.32 Å². The maximum absolute atomic E-state index is 5.37. The van der Waals surface area contributed by atoms with Crippen molar-refractivity contribution in [3.05, 3.63) is 30.3 Å². The van der Waals surface area contributed by atoms with Gasteiger partial charge in [-0.15, -0.1) is 0 Å².